The highest BCUT2D eigenvalue weighted by atomic mass is 15.2. The molecule has 3 nitrogen and oxygen atoms in total. The molecule has 0 amide bonds. The molecule has 0 bridgehead atoms. The number of hydrogen-bond acceptors (Lipinski definition) is 2. The number of nitrogens with zero attached hydrogens (tertiary/aromatic N) is 2. The summed E-state index contributed by atoms with van der Waals surface area (Å²) >= 11 is 0. The first-order valence-corrected chi connectivity index (χ1v) is 8.32. The van der Waals surface area contributed by atoms with Crippen LogP contribution >= 0.6 is 0 Å². The minimum atomic E-state index is 0.592. The van der Waals surface area contributed by atoms with Crippen molar-refractivity contribution in [2.24, 2.45) is 0 Å². The van der Waals surface area contributed by atoms with Gasteiger partial charge in [-0.25, -0.2) is 4.98 Å². The smallest absolute Gasteiger partial charge is 0.207 e. The molecule has 0 spiro atoms. The van der Waals surface area contributed by atoms with Crippen LogP contribution in [0.2, 0.25) is 0 Å². The van der Waals surface area contributed by atoms with E-state index in [-0.39, 0.29) is 0 Å². The Morgan fingerprint density at radius 3 is 2.76 bits per heavy atom. The van der Waals surface area contributed by atoms with Crippen molar-refractivity contribution in [3.8, 4) is 5.69 Å². The zero-order chi connectivity index (χ0) is 14.1. The van der Waals surface area contributed by atoms with Gasteiger partial charge in [-0.05, 0) is 55.4 Å². The predicted molar refractivity (Wildman–Crippen MR) is 86.1 cm³/mol. The molecule has 4 rings (SSSR count). The predicted octanol–water partition coefficient (Wildman–Crippen LogP) is 4.11. The third-order valence-corrected chi connectivity index (χ3v) is 4.94. The molecule has 1 aromatic carbocycles. The Bertz CT molecular complexity index is 623. The Labute approximate surface area is 126 Å². The number of hydrogen-bond donors (Lipinski definition) is 1. The van der Waals surface area contributed by atoms with Crippen molar-refractivity contribution in [2.45, 2.75) is 57.4 Å². The summed E-state index contributed by atoms with van der Waals surface area (Å²) in [7, 11) is 0. The van der Waals surface area contributed by atoms with Gasteiger partial charge in [0, 0.05) is 24.1 Å². The van der Waals surface area contributed by atoms with Crippen LogP contribution < -0.4 is 5.32 Å². The van der Waals surface area contributed by atoms with Crippen LogP contribution in [0.3, 0.4) is 0 Å². The Balaban J connectivity index is 1.59. The van der Waals surface area contributed by atoms with Gasteiger partial charge in [0.25, 0.3) is 0 Å². The summed E-state index contributed by atoms with van der Waals surface area (Å²) < 4.78 is 2.20. The van der Waals surface area contributed by atoms with Crippen molar-refractivity contribution in [3.63, 3.8) is 0 Å². The van der Waals surface area contributed by atoms with Gasteiger partial charge in [0.1, 0.15) is 0 Å². The Morgan fingerprint density at radius 1 is 1.00 bits per heavy atom. The molecule has 0 aliphatic heterocycles. The Hall–Kier alpha value is -1.77. The zero-order valence-corrected chi connectivity index (χ0v) is 12.5. The molecule has 0 atom stereocenters. The van der Waals surface area contributed by atoms with Crippen molar-refractivity contribution in [2.75, 3.05) is 5.32 Å². The normalized spacial score (nSPS) is 18.7. The van der Waals surface area contributed by atoms with Crippen LogP contribution in [0.1, 0.15) is 49.7 Å². The number of imidazole rings is 1. The second-order valence-corrected chi connectivity index (χ2v) is 6.41. The van der Waals surface area contributed by atoms with Crippen LogP contribution in [-0.4, -0.2) is 15.6 Å². The Kier molecular flexibility index (Phi) is 3.42. The summed E-state index contributed by atoms with van der Waals surface area (Å²) in [5, 5.41) is 3.65. The van der Waals surface area contributed by atoms with E-state index in [1.165, 1.54) is 68.2 Å². The van der Waals surface area contributed by atoms with Crippen LogP contribution in [0.15, 0.2) is 30.6 Å². The minimum absolute atomic E-state index is 0.592. The molecule has 1 heterocycles. The zero-order valence-electron chi connectivity index (χ0n) is 12.5. The van der Waals surface area contributed by atoms with E-state index in [0.29, 0.717) is 6.04 Å². The fraction of sp³-hybridized carbons (Fsp3) is 0.500. The molecule has 1 aromatic heterocycles. The van der Waals surface area contributed by atoms with Gasteiger partial charge in [-0.1, -0.05) is 25.3 Å². The van der Waals surface area contributed by atoms with E-state index in [9.17, 15) is 0 Å². The van der Waals surface area contributed by atoms with Crippen LogP contribution in [0.4, 0.5) is 5.95 Å². The third-order valence-electron chi connectivity index (χ3n) is 4.94. The number of nitrogens with one attached hydrogen (secondary N) is 1. The first kappa shape index (κ1) is 12.9. The average Bonchev–Trinajstić information content (AvgIpc) is 3.16. The molecule has 1 fully saturated rings. The van der Waals surface area contributed by atoms with E-state index in [2.05, 4.69) is 39.3 Å². The molecule has 1 N–H and O–H groups in total. The highest BCUT2D eigenvalue weighted by molar-refractivity contribution is 5.47. The van der Waals surface area contributed by atoms with Gasteiger partial charge in [-0.15, -0.1) is 0 Å². The summed E-state index contributed by atoms with van der Waals surface area (Å²) in [5.41, 5.74) is 4.29. The summed E-state index contributed by atoms with van der Waals surface area (Å²) in [5.74, 6) is 1.000. The van der Waals surface area contributed by atoms with Crippen molar-refractivity contribution >= 4 is 5.95 Å². The van der Waals surface area contributed by atoms with Crippen molar-refractivity contribution in [3.05, 3.63) is 41.7 Å². The maximum Gasteiger partial charge on any atom is 0.207 e. The first-order chi connectivity index (χ1) is 10.4. The van der Waals surface area contributed by atoms with Crippen LogP contribution in [0.25, 0.3) is 5.69 Å². The van der Waals surface area contributed by atoms with Gasteiger partial charge >= 0.3 is 0 Å². The number of fused-ring (bicyclic) bond motifs is 1. The minimum Gasteiger partial charge on any atom is -0.353 e. The van der Waals surface area contributed by atoms with E-state index in [4.69, 9.17) is 0 Å². The van der Waals surface area contributed by atoms with E-state index in [1.807, 2.05) is 6.20 Å². The number of benzene rings is 1. The van der Waals surface area contributed by atoms with E-state index >= 15 is 0 Å². The lowest BCUT2D eigenvalue weighted by atomic mass is 9.96. The molecule has 2 aromatic rings. The molecule has 3 heteroatoms. The van der Waals surface area contributed by atoms with Gasteiger partial charge in [-0.2, -0.15) is 0 Å². The SMILES string of the molecule is c1cn(-c2ccc3c(c2)CCC3)c(NC2CCCCC2)n1. The molecule has 110 valence electrons. The molecule has 2 aliphatic rings. The summed E-state index contributed by atoms with van der Waals surface area (Å²) in [4.78, 5) is 4.53. The lowest BCUT2D eigenvalue weighted by molar-refractivity contribution is 0.460. The van der Waals surface area contributed by atoms with E-state index in [1.54, 1.807) is 0 Å². The quantitative estimate of drug-likeness (QED) is 0.917. The maximum atomic E-state index is 4.53. The van der Waals surface area contributed by atoms with Crippen LogP contribution in [-0.2, 0) is 12.8 Å². The van der Waals surface area contributed by atoms with Gasteiger partial charge in [-0.3, -0.25) is 4.57 Å². The third kappa shape index (κ3) is 2.57. The van der Waals surface area contributed by atoms with E-state index < -0.39 is 0 Å². The fourth-order valence-electron chi connectivity index (χ4n) is 3.76. The number of aromatic nitrogens is 2. The maximum absolute atomic E-state index is 4.53. The van der Waals surface area contributed by atoms with Gasteiger partial charge in [0.2, 0.25) is 5.95 Å². The van der Waals surface area contributed by atoms with Crippen molar-refractivity contribution < 1.29 is 0 Å². The van der Waals surface area contributed by atoms with Crippen LogP contribution in [0.5, 0.6) is 0 Å². The first-order valence-electron chi connectivity index (χ1n) is 8.32. The monoisotopic (exact) mass is 281 g/mol. The standard InChI is InChI=1S/C18H23N3/c1-2-7-16(8-3-1)20-18-19-11-12-21(18)17-10-9-14-5-4-6-15(14)13-17/h9-13,16H,1-8H2,(H,19,20). The second-order valence-electron chi connectivity index (χ2n) is 6.41. The summed E-state index contributed by atoms with van der Waals surface area (Å²) in [6.45, 7) is 0. The molecule has 0 radical (unpaired) electrons. The Morgan fingerprint density at radius 2 is 1.86 bits per heavy atom. The molecule has 1 saturated carbocycles. The second kappa shape index (κ2) is 5.55. The number of anilines is 1. The molecular formula is C18H23N3. The van der Waals surface area contributed by atoms with Gasteiger partial charge in [0.15, 0.2) is 0 Å². The average molecular weight is 281 g/mol. The highest BCUT2D eigenvalue weighted by Crippen LogP contribution is 2.27. The molecule has 0 saturated heterocycles. The molecule has 2 aliphatic carbocycles. The summed E-state index contributed by atoms with van der Waals surface area (Å²) in [6, 6.07) is 7.46. The topological polar surface area (TPSA) is 29.9 Å². The summed E-state index contributed by atoms with van der Waals surface area (Å²) in [6.07, 6.45) is 14.4. The van der Waals surface area contributed by atoms with Gasteiger partial charge in [0.05, 0.1) is 0 Å². The highest BCUT2D eigenvalue weighted by Gasteiger charge is 2.17. The number of rotatable bonds is 3. The lowest BCUT2D eigenvalue weighted by Gasteiger charge is -2.23. The molecule has 21 heavy (non-hydrogen) atoms. The van der Waals surface area contributed by atoms with Gasteiger partial charge < -0.3 is 5.32 Å². The largest absolute Gasteiger partial charge is 0.353 e. The van der Waals surface area contributed by atoms with Crippen molar-refractivity contribution in [1.82, 2.24) is 9.55 Å². The molecular weight excluding hydrogens is 258 g/mol. The van der Waals surface area contributed by atoms with Crippen LogP contribution in [0, 0.1) is 0 Å². The fourth-order valence-corrected chi connectivity index (χ4v) is 3.76. The lowest BCUT2D eigenvalue weighted by Crippen LogP contribution is -2.24. The molecule has 0 unspecified atom stereocenters. The van der Waals surface area contributed by atoms with Crippen molar-refractivity contribution in [1.29, 1.82) is 0 Å². The number of aryl methyl sites for hydroxylation is 2. The van der Waals surface area contributed by atoms with E-state index in [0.717, 1.165) is 5.95 Å².